The number of carbonyl (C=O) groups is 2. The molecule has 24 heavy (non-hydrogen) atoms. The Morgan fingerprint density at radius 1 is 1.08 bits per heavy atom. The summed E-state index contributed by atoms with van der Waals surface area (Å²) in [6.45, 7) is 3.84. The number of benzene rings is 1. The maximum atomic E-state index is 12.7. The van der Waals surface area contributed by atoms with E-state index in [1.165, 1.54) is 12.1 Å². The maximum absolute atomic E-state index is 12.7. The number of hydrogen-bond acceptors (Lipinski definition) is 3. The minimum atomic E-state index is -4.42. The van der Waals surface area contributed by atoms with E-state index in [0.717, 1.165) is 12.1 Å². The Balaban J connectivity index is 2.00. The van der Waals surface area contributed by atoms with E-state index in [2.05, 4.69) is 0 Å². The summed E-state index contributed by atoms with van der Waals surface area (Å²) in [6, 6.07) is 4.63. The molecule has 3 nitrogen and oxygen atoms in total. The Bertz CT molecular complexity index is 727. The second-order valence-corrected chi connectivity index (χ2v) is 7.13. The molecule has 1 aromatic rings. The van der Waals surface area contributed by atoms with Crippen molar-refractivity contribution >= 4 is 11.8 Å². The maximum Gasteiger partial charge on any atom is 0.416 e. The van der Waals surface area contributed by atoms with Crippen LogP contribution in [-0.2, 0) is 20.5 Å². The summed E-state index contributed by atoms with van der Waals surface area (Å²) in [6.07, 6.45) is -3.65. The van der Waals surface area contributed by atoms with Crippen molar-refractivity contribution in [3.05, 3.63) is 46.7 Å². The Labute approximate surface area is 137 Å². The number of carbonyl (C=O) groups excluding carboxylic acids is 2. The topological polar surface area (TPSA) is 43.4 Å². The molecule has 0 amide bonds. The third kappa shape index (κ3) is 3.09. The van der Waals surface area contributed by atoms with E-state index in [1.807, 2.05) is 13.8 Å². The first-order chi connectivity index (χ1) is 11.1. The quantitative estimate of drug-likeness (QED) is 0.714. The number of allylic oxidation sites excluding steroid dienone is 2. The molecular weight excluding hydrogens is 321 g/mol. The monoisotopic (exact) mass is 338 g/mol. The van der Waals surface area contributed by atoms with Crippen molar-refractivity contribution in [2.45, 2.75) is 45.2 Å². The van der Waals surface area contributed by atoms with Gasteiger partial charge in [0.25, 0.3) is 0 Å². The number of alkyl halides is 3. The van der Waals surface area contributed by atoms with Gasteiger partial charge in [-0.3, -0.25) is 9.59 Å². The molecule has 3 rings (SSSR count). The van der Waals surface area contributed by atoms with Gasteiger partial charge in [-0.1, -0.05) is 26.0 Å². The average molecular weight is 338 g/mol. The van der Waals surface area contributed by atoms with Crippen molar-refractivity contribution in [1.29, 1.82) is 0 Å². The number of ketones is 1. The van der Waals surface area contributed by atoms with Crippen molar-refractivity contribution in [2.24, 2.45) is 5.41 Å². The molecule has 1 aromatic carbocycles. The average Bonchev–Trinajstić information content (AvgIpc) is 2.43. The molecular formula is C18H17F3O3. The number of ether oxygens (including phenoxy) is 1. The molecule has 2 aliphatic rings. The van der Waals surface area contributed by atoms with E-state index in [9.17, 15) is 22.8 Å². The molecule has 1 aliphatic heterocycles. The van der Waals surface area contributed by atoms with Crippen LogP contribution in [0.1, 0.15) is 50.2 Å². The van der Waals surface area contributed by atoms with Crippen molar-refractivity contribution in [1.82, 2.24) is 0 Å². The lowest BCUT2D eigenvalue weighted by Crippen LogP contribution is -2.33. The lowest BCUT2D eigenvalue weighted by atomic mass is 9.71. The van der Waals surface area contributed by atoms with Gasteiger partial charge in [-0.05, 0) is 23.1 Å². The summed E-state index contributed by atoms with van der Waals surface area (Å²) in [5.41, 5.74) is -0.0815. The van der Waals surface area contributed by atoms with E-state index >= 15 is 0 Å². The summed E-state index contributed by atoms with van der Waals surface area (Å²) in [4.78, 5) is 24.4. The van der Waals surface area contributed by atoms with Crippen LogP contribution in [-0.4, -0.2) is 11.8 Å². The van der Waals surface area contributed by atoms with Crippen molar-refractivity contribution in [3.63, 3.8) is 0 Å². The van der Waals surface area contributed by atoms with Crippen LogP contribution in [0.3, 0.4) is 0 Å². The van der Waals surface area contributed by atoms with Crippen LogP contribution in [0, 0.1) is 5.41 Å². The van der Waals surface area contributed by atoms with Gasteiger partial charge in [0.15, 0.2) is 5.78 Å². The zero-order valence-corrected chi connectivity index (χ0v) is 13.4. The molecule has 0 N–H and O–H groups in total. The first kappa shape index (κ1) is 16.7. The van der Waals surface area contributed by atoms with Crippen LogP contribution in [0.5, 0.6) is 0 Å². The van der Waals surface area contributed by atoms with Crippen molar-refractivity contribution in [2.75, 3.05) is 0 Å². The number of hydrogen-bond donors (Lipinski definition) is 0. The van der Waals surface area contributed by atoms with Crippen LogP contribution in [0.2, 0.25) is 0 Å². The third-order valence-electron chi connectivity index (χ3n) is 4.48. The fourth-order valence-electron chi connectivity index (χ4n) is 3.39. The highest BCUT2D eigenvalue weighted by Gasteiger charge is 2.42. The predicted octanol–water partition coefficient (Wildman–Crippen LogP) is 4.38. The lowest BCUT2D eigenvalue weighted by Gasteiger charge is -2.36. The van der Waals surface area contributed by atoms with Crippen LogP contribution < -0.4 is 0 Å². The Morgan fingerprint density at radius 2 is 1.71 bits per heavy atom. The van der Waals surface area contributed by atoms with E-state index < -0.39 is 23.6 Å². The van der Waals surface area contributed by atoms with Gasteiger partial charge in [0.2, 0.25) is 0 Å². The highest BCUT2D eigenvalue weighted by atomic mass is 19.4. The van der Waals surface area contributed by atoms with Gasteiger partial charge in [0.05, 0.1) is 12.0 Å². The van der Waals surface area contributed by atoms with Crippen LogP contribution in [0.15, 0.2) is 35.6 Å². The van der Waals surface area contributed by atoms with E-state index in [4.69, 9.17) is 4.74 Å². The molecule has 0 bridgehead atoms. The Kier molecular flexibility index (Phi) is 3.81. The second-order valence-electron chi connectivity index (χ2n) is 7.13. The summed E-state index contributed by atoms with van der Waals surface area (Å²) >= 11 is 0. The van der Waals surface area contributed by atoms with Crippen molar-refractivity contribution in [3.8, 4) is 0 Å². The minimum absolute atomic E-state index is 0.0314. The first-order valence-corrected chi connectivity index (χ1v) is 7.71. The molecule has 0 saturated carbocycles. The van der Waals surface area contributed by atoms with Gasteiger partial charge in [-0.15, -0.1) is 0 Å². The number of halogens is 3. The summed E-state index contributed by atoms with van der Waals surface area (Å²) < 4.78 is 43.4. The smallest absolute Gasteiger partial charge is 0.416 e. The molecule has 128 valence electrons. The molecule has 0 unspecified atom stereocenters. The lowest BCUT2D eigenvalue weighted by molar-refractivity contribution is -0.143. The number of rotatable bonds is 1. The zero-order chi connectivity index (χ0) is 17.7. The van der Waals surface area contributed by atoms with Crippen molar-refractivity contribution < 1.29 is 27.5 Å². The molecule has 0 fully saturated rings. The normalized spacial score (nSPS) is 23.8. The van der Waals surface area contributed by atoms with Gasteiger partial charge >= 0.3 is 12.1 Å². The van der Waals surface area contributed by atoms with Crippen LogP contribution >= 0.6 is 0 Å². The van der Waals surface area contributed by atoms with Gasteiger partial charge < -0.3 is 4.74 Å². The molecule has 0 spiro atoms. The number of Topliss-reactive ketones (excluding diaryl/α,β-unsaturated/α-hetero) is 1. The standard InChI is InChI=1S/C18H17F3O3/c1-17(2)8-13(22)16-12(7-15(23)24-14(16)9-17)10-3-5-11(6-4-10)18(19,20)21/h3-6,12H,7-9H2,1-2H3/t12-/m1/s1. The molecule has 0 saturated heterocycles. The third-order valence-corrected chi connectivity index (χ3v) is 4.48. The minimum Gasteiger partial charge on any atom is -0.431 e. The van der Waals surface area contributed by atoms with Crippen LogP contribution in [0.4, 0.5) is 13.2 Å². The van der Waals surface area contributed by atoms with Gasteiger partial charge in [-0.25, -0.2) is 0 Å². The van der Waals surface area contributed by atoms with Gasteiger partial charge in [0.1, 0.15) is 5.76 Å². The van der Waals surface area contributed by atoms with E-state index in [0.29, 0.717) is 29.7 Å². The fraction of sp³-hybridized carbons (Fsp3) is 0.444. The first-order valence-electron chi connectivity index (χ1n) is 7.71. The summed E-state index contributed by atoms with van der Waals surface area (Å²) in [5.74, 6) is -0.715. The molecule has 0 radical (unpaired) electrons. The molecule has 1 heterocycles. The zero-order valence-electron chi connectivity index (χ0n) is 13.4. The predicted molar refractivity (Wildman–Crippen MR) is 79.9 cm³/mol. The molecule has 1 atom stereocenters. The highest BCUT2D eigenvalue weighted by molar-refractivity contribution is 6.00. The largest absolute Gasteiger partial charge is 0.431 e. The summed E-state index contributed by atoms with van der Waals surface area (Å²) in [7, 11) is 0. The molecule has 6 heteroatoms. The van der Waals surface area contributed by atoms with E-state index in [-0.39, 0.29) is 17.6 Å². The Hall–Kier alpha value is -2.11. The molecule has 0 aromatic heterocycles. The van der Waals surface area contributed by atoms with Gasteiger partial charge in [-0.2, -0.15) is 13.2 Å². The van der Waals surface area contributed by atoms with Gasteiger partial charge in [0, 0.05) is 24.3 Å². The number of esters is 1. The fourth-order valence-corrected chi connectivity index (χ4v) is 3.39. The second kappa shape index (κ2) is 5.46. The van der Waals surface area contributed by atoms with E-state index in [1.54, 1.807) is 0 Å². The Morgan fingerprint density at radius 3 is 2.29 bits per heavy atom. The summed E-state index contributed by atoms with van der Waals surface area (Å²) in [5, 5.41) is 0. The molecule has 1 aliphatic carbocycles. The highest BCUT2D eigenvalue weighted by Crippen LogP contribution is 2.46. The SMILES string of the molecule is CC1(C)CC(=O)C2=C(C1)OC(=O)C[C@@H]2c1ccc(C(F)(F)F)cc1. The van der Waals surface area contributed by atoms with Crippen LogP contribution in [0.25, 0.3) is 0 Å².